The van der Waals surface area contributed by atoms with Crippen LogP contribution in [0.5, 0.6) is 0 Å². The van der Waals surface area contributed by atoms with Crippen molar-refractivity contribution < 1.29 is 4.79 Å². The molecule has 4 nitrogen and oxygen atoms in total. The van der Waals surface area contributed by atoms with Gasteiger partial charge >= 0.3 is 0 Å². The molecule has 1 aliphatic carbocycles. The quantitative estimate of drug-likeness (QED) is 0.760. The lowest BCUT2D eigenvalue weighted by Crippen LogP contribution is -2.30. The molecule has 1 atom stereocenters. The van der Waals surface area contributed by atoms with Crippen molar-refractivity contribution in [2.24, 2.45) is 0 Å². The van der Waals surface area contributed by atoms with Crippen LogP contribution in [0.3, 0.4) is 0 Å². The second kappa shape index (κ2) is 5.30. The van der Waals surface area contributed by atoms with E-state index in [0.717, 1.165) is 30.3 Å². The van der Waals surface area contributed by atoms with Crippen LogP contribution in [-0.2, 0) is 6.42 Å². The summed E-state index contributed by atoms with van der Waals surface area (Å²) in [6, 6.07) is 14.0. The van der Waals surface area contributed by atoms with Crippen LogP contribution in [0.15, 0.2) is 48.8 Å². The molecule has 0 saturated heterocycles. The number of H-pyrrole nitrogens is 1. The Morgan fingerprint density at radius 2 is 2.14 bits per heavy atom. The predicted octanol–water partition coefficient (Wildman–Crippen LogP) is 3.37. The number of fused-ring (bicyclic) bond motifs is 2. The van der Waals surface area contributed by atoms with Gasteiger partial charge in [0.2, 0.25) is 0 Å². The molecule has 4 rings (SSSR count). The minimum Gasteiger partial charge on any atom is -0.345 e. The van der Waals surface area contributed by atoms with Gasteiger partial charge in [0.15, 0.2) is 0 Å². The summed E-state index contributed by atoms with van der Waals surface area (Å²) in [5.74, 6) is -0.0294. The molecule has 0 spiro atoms. The van der Waals surface area contributed by atoms with Crippen molar-refractivity contribution in [2.45, 2.75) is 25.3 Å². The van der Waals surface area contributed by atoms with Gasteiger partial charge in [0.25, 0.3) is 5.91 Å². The number of aromatic amines is 1. The molecule has 0 fully saturated rings. The summed E-state index contributed by atoms with van der Waals surface area (Å²) in [7, 11) is 0. The number of hydrogen-bond acceptors (Lipinski definition) is 2. The smallest absolute Gasteiger partial charge is 0.251 e. The van der Waals surface area contributed by atoms with E-state index in [-0.39, 0.29) is 11.9 Å². The zero-order valence-electron chi connectivity index (χ0n) is 12.2. The predicted molar refractivity (Wildman–Crippen MR) is 85.7 cm³/mol. The fourth-order valence-electron chi connectivity index (χ4n) is 3.22. The van der Waals surface area contributed by atoms with E-state index in [1.165, 1.54) is 11.1 Å². The van der Waals surface area contributed by atoms with Crippen LogP contribution >= 0.6 is 0 Å². The fraction of sp³-hybridized carbons (Fsp3) is 0.222. The maximum absolute atomic E-state index is 12.5. The molecule has 4 heteroatoms. The van der Waals surface area contributed by atoms with Gasteiger partial charge < -0.3 is 10.3 Å². The van der Waals surface area contributed by atoms with Gasteiger partial charge in [-0.3, -0.25) is 4.79 Å². The van der Waals surface area contributed by atoms with E-state index in [1.54, 1.807) is 6.33 Å². The van der Waals surface area contributed by atoms with Crippen LogP contribution in [0, 0.1) is 0 Å². The topological polar surface area (TPSA) is 57.8 Å². The van der Waals surface area contributed by atoms with E-state index >= 15 is 0 Å². The van der Waals surface area contributed by atoms with E-state index in [9.17, 15) is 4.79 Å². The normalized spacial score (nSPS) is 17.2. The molecule has 0 bridgehead atoms. The van der Waals surface area contributed by atoms with Gasteiger partial charge in [-0.1, -0.05) is 24.3 Å². The summed E-state index contributed by atoms with van der Waals surface area (Å²) in [5.41, 5.74) is 5.03. The molecular formula is C18H17N3O. The summed E-state index contributed by atoms with van der Waals surface area (Å²) >= 11 is 0. The van der Waals surface area contributed by atoms with E-state index in [2.05, 4.69) is 33.5 Å². The lowest BCUT2D eigenvalue weighted by Gasteiger charge is -2.26. The summed E-state index contributed by atoms with van der Waals surface area (Å²) in [4.78, 5) is 19.8. The van der Waals surface area contributed by atoms with Crippen molar-refractivity contribution in [2.75, 3.05) is 0 Å². The summed E-state index contributed by atoms with van der Waals surface area (Å²) < 4.78 is 0. The van der Waals surface area contributed by atoms with E-state index in [1.807, 2.05) is 24.3 Å². The van der Waals surface area contributed by atoms with E-state index in [0.29, 0.717) is 5.56 Å². The van der Waals surface area contributed by atoms with Gasteiger partial charge in [-0.05, 0) is 48.6 Å². The Balaban J connectivity index is 1.59. The first-order valence-corrected chi connectivity index (χ1v) is 7.63. The number of hydrogen-bond donors (Lipinski definition) is 2. The summed E-state index contributed by atoms with van der Waals surface area (Å²) in [6.07, 6.45) is 4.85. The highest BCUT2D eigenvalue weighted by Crippen LogP contribution is 2.29. The number of carbonyl (C=O) groups is 1. The third-order valence-electron chi connectivity index (χ3n) is 4.36. The number of amides is 1. The molecule has 2 N–H and O–H groups in total. The average molecular weight is 291 g/mol. The lowest BCUT2D eigenvalue weighted by molar-refractivity contribution is 0.0933. The number of aryl methyl sites for hydroxylation is 1. The minimum absolute atomic E-state index is 0.0294. The lowest BCUT2D eigenvalue weighted by atomic mass is 9.87. The number of nitrogens with one attached hydrogen (secondary N) is 2. The van der Waals surface area contributed by atoms with Crippen molar-refractivity contribution in [1.82, 2.24) is 15.3 Å². The molecule has 1 amide bonds. The second-order valence-electron chi connectivity index (χ2n) is 5.75. The largest absolute Gasteiger partial charge is 0.345 e. The molecular weight excluding hydrogens is 274 g/mol. The van der Waals surface area contributed by atoms with Gasteiger partial charge in [-0.25, -0.2) is 4.98 Å². The van der Waals surface area contributed by atoms with Gasteiger partial charge in [-0.15, -0.1) is 0 Å². The second-order valence-corrected chi connectivity index (χ2v) is 5.75. The maximum atomic E-state index is 12.5. The van der Waals surface area contributed by atoms with Crippen molar-refractivity contribution in [3.8, 4) is 0 Å². The Labute approximate surface area is 128 Å². The molecule has 3 aromatic rings. The number of aromatic nitrogens is 2. The molecule has 0 radical (unpaired) electrons. The van der Waals surface area contributed by atoms with Gasteiger partial charge in [0, 0.05) is 5.56 Å². The molecule has 1 heterocycles. The van der Waals surface area contributed by atoms with Gasteiger partial charge in [-0.2, -0.15) is 0 Å². The molecule has 0 aliphatic heterocycles. The van der Waals surface area contributed by atoms with Crippen LogP contribution in [0.25, 0.3) is 11.0 Å². The highest BCUT2D eigenvalue weighted by atomic mass is 16.1. The zero-order valence-corrected chi connectivity index (χ0v) is 12.2. The van der Waals surface area contributed by atoms with Crippen LogP contribution in [0.2, 0.25) is 0 Å². The Bertz CT molecular complexity index is 837. The molecule has 1 aliphatic rings. The molecule has 2 aromatic carbocycles. The third kappa shape index (κ3) is 2.26. The van der Waals surface area contributed by atoms with Crippen LogP contribution < -0.4 is 5.32 Å². The molecule has 1 aromatic heterocycles. The highest BCUT2D eigenvalue weighted by molar-refractivity contribution is 5.97. The number of nitrogens with zero attached hydrogens (tertiary/aromatic N) is 1. The first-order chi connectivity index (χ1) is 10.8. The van der Waals surface area contributed by atoms with E-state index in [4.69, 9.17) is 0 Å². The summed E-state index contributed by atoms with van der Waals surface area (Å²) in [5, 5.41) is 3.18. The third-order valence-corrected chi connectivity index (χ3v) is 4.36. The van der Waals surface area contributed by atoms with Gasteiger partial charge in [0.1, 0.15) is 0 Å². The fourth-order valence-corrected chi connectivity index (χ4v) is 3.22. The Kier molecular flexibility index (Phi) is 3.15. The first-order valence-electron chi connectivity index (χ1n) is 7.63. The molecule has 0 saturated carbocycles. The van der Waals surface area contributed by atoms with Crippen molar-refractivity contribution in [1.29, 1.82) is 0 Å². The molecule has 0 unspecified atom stereocenters. The number of benzene rings is 2. The Hall–Kier alpha value is -2.62. The first kappa shape index (κ1) is 13.1. The van der Waals surface area contributed by atoms with Crippen molar-refractivity contribution in [3.05, 3.63) is 65.5 Å². The zero-order chi connectivity index (χ0) is 14.9. The molecule has 22 heavy (non-hydrogen) atoms. The number of carbonyl (C=O) groups excluding carboxylic acids is 1. The number of rotatable bonds is 2. The standard InChI is InChI=1S/C18H17N3O/c22-18(13-8-9-16-17(10-13)20-11-19-16)21-15-7-3-5-12-4-1-2-6-14(12)15/h1-2,4,6,8-11,15H,3,5,7H2,(H,19,20)(H,21,22)/t15-/m1/s1. The molecule has 110 valence electrons. The number of imidazole rings is 1. The van der Waals surface area contributed by atoms with E-state index < -0.39 is 0 Å². The van der Waals surface area contributed by atoms with Crippen molar-refractivity contribution >= 4 is 16.9 Å². The Morgan fingerprint density at radius 1 is 1.23 bits per heavy atom. The van der Waals surface area contributed by atoms with Crippen LogP contribution in [0.1, 0.15) is 40.4 Å². The monoisotopic (exact) mass is 291 g/mol. The van der Waals surface area contributed by atoms with Crippen LogP contribution in [-0.4, -0.2) is 15.9 Å². The maximum Gasteiger partial charge on any atom is 0.251 e. The van der Waals surface area contributed by atoms with Gasteiger partial charge in [0.05, 0.1) is 23.4 Å². The Morgan fingerprint density at radius 3 is 3.09 bits per heavy atom. The SMILES string of the molecule is O=C(N[C@@H]1CCCc2ccccc21)c1ccc2nc[nH]c2c1. The minimum atomic E-state index is -0.0294. The average Bonchev–Trinajstić information content (AvgIpc) is 3.02. The van der Waals surface area contributed by atoms with Crippen LogP contribution in [0.4, 0.5) is 0 Å². The highest BCUT2D eigenvalue weighted by Gasteiger charge is 2.21. The van der Waals surface area contributed by atoms with Crippen molar-refractivity contribution in [3.63, 3.8) is 0 Å². The summed E-state index contributed by atoms with van der Waals surface area (Å²) in [6.45, 7) is 0.